The maximum Gasteiger partial charge on any atom is 0.0709 e. The summed E-state index contributed by atoms with van der Waals surface area (Å²) < 4.78 is 0. The molecule has 0 radical (unpaired) electrons. The highest BCUT2D eigenvalue weighted by molar-refractivity contribution is 4.80. The second-order valence-electron chi connectivity index (χ2n) is 3.85. The van der Waals surface area contributed by atoms with Gasteiger partial charge in [0.1, 0.15) is 0 Å². The van der Waals surface area contributed by atoms with Crippen LogP contribution in [0.4, 0.5) is 0 Å². The Kier molecular flexibility index (Phi) is 4.36. The van der Waals surface area contributed by atoms with Crippen molar-refractivity contribution in [2.24, 2.45) is 10.2 Å². The largest absolute Gasteiger partial charge is 0.304 e. The van der Waals surface area contributed by atoms with Crippen molar-refractivity contribution in [3.8, 4) is 0 Å². The molecule has 76 valence electrons. The molecule has 0 aromatic heterocycles. The SMILES string of the molecule is CCN(C)C1CCC(N=NC)CC1. The van der Waals surface area contributed by atoms with Crippen LogP contribution in [0.15, 0.2) is 10.2 Å². The van der Waals surface area contributed by atoms with E-state index in [1.54, 1.807) is 7.05 Å². The molecule has 1 aliphatic carbocycles. The Morgan fingerprint density at radius 1 is 1.23 bits per heavy atom. The molecule has 3 nitrogen and oxygen atoms in total. The minimum atomic E-state index is 0.506. The highest BCUT2D eigenvalue weighted by atomic mass is 15.1. The van der Waals surface area contributed by atoms with Crippen molar-refractivity contribution in [3.63, 3.8) is 0 Å². The van der Waals surface area contributed by atoms with Gasteiger partial charge in [-0.25, -0.2) is 0 Å². The zero-order valence-electron chi connectivity index (χ0n) is 9.03. The van der Waals surface area contributed by atoms with Gasteiger partial charge < -0.3 is 4.90 Å². The molecule has 0 unspecified atom stereocenters. The molecule has 0 spiro atoms. The Labute approximate surface area is 81.2 Å². The van der Waals surface area contributed by atoms with Crippen molar-refractivity contribution in [3.05, 3.63) is 0 Å². The van der Waals surface area contributed by atoms with Crippen LogP contribution in [0.3, 0.4) is 0 Å². The number of hydrogen-bond acceptors (Lipinski definition) is 3. The summed E-state index contributed by atoms with van der Waals surface area (Å²) in [7, 11) is 3.98. The molecular weight excluding hydrogens is 162 g/mol. The summed E-state index contributed by atoms with van der Waals surface area (Å²) in [5, 5.41) is 8.07. The molecule has 0 amide bonds. The van der Waals surface area contributed by atoms with Gasteiger partial charge in [-0.2, -0.15) is 10.2 Å². The van der Waals surface area contributed by atoms with E-state index in [0.717, 1.165) is 12.6 Å². The fraction of sp³-hybridized carbons (Fsp3) is 1.00. The molecule has 0 N–H and O–H groups in total. The van der Waals surface area contributed by atoms with E-state index in [4.69, 9.17) is 0 Å². The van der Waals surface area contributed by atoms with Gasteiger partial charge in [-0.15, -0.1) is 0 Å². The molecule has 1 saturated carbocycles. The third-order valence-corrected chi connectivity index (χ3v) is 3.07. The van der Waals surface area contributed by atoms with E-state index in [-0.39, 0.29) is 0 Å². The molecule has 0 atom stereocenters. The predicted octanol–water partition coefficient (Wildman–Crippen LogP) is 2.33. The van der Waals surface area contributed by atoms with E-state index in [0.29, 0.717) is 6.04 Å². The monoisotopic (exact) mass is 183 g/mol. The molecule has 1 rings (SSSR count). The van der Waals surface area contributed by atoms with E-state index >= 15 is 0 Å². The summed E-state index contributed by atoms with van der Waals surface area (Å²) in [5.74, 6) is 0. The fourth-order valence-electron chi connectivity index (χ4n) is 2.04. The van der Waals surface area contributed by atoms with Crippen molar-refractivity contribution in [2.45, 2.75) is 44.7 Å². The van der Waals surface area contributed by atoms with Crippen LogP contribution in [0.5, 0.6) is 0 Å². The predicted molar refractivity (Wildman–Crippen MR) is 55.1 cm³/mol. The van der Waals surface area contributed by atoms with Crippen LogP contribution in [0.1, 0.15) is 32.6 Å². The molecule has 0 heterocycles. The van der Waals surface area contributed by atoms with E-state index in [1.807, 2.05) is 0 Å². The van der Waals surface area contributed by atoms with Crippen molar-refractivity contribution < 1.29 is 0 Å². The summed E-state index contributed by atoms with van der Waals surface area (Å²) in [5.41, 5.74) is 0. The van der Waals surface area contributed by atoms with Gasteiger partial charge >= 0.3 is 0 Å². The minimum absolute atomic E-state index is 0.506. The van der Waals surface area contributed by atoms with E-state index in [1.165, 1.54) is 25.7 Å². The molecule has 0 aliphatic heterocycles. The molecular formula is C10H21N3. The van der Waals surface area contributed by atoms with Crippen LogP contribution in [-0.2, 0) is 0 Å². The van der Waals surface area contributed by atoms with Crippen molar-refractivity contribution >= 4 is 0 Å². The second kappa shape index (κ2) is 5.32. The normalized spacial score (nSPS) is 30.2. The number of nitrogens with zero attached hydrogens (tertiary/aromatic N) is 3. The average Bonchev–Trinajstić information content (AvgIpc) is 2.18. The molecule has 0 aromatic rings. The van der Waals surface area contributed by atoms with Gasteiger partial charge in [0, 0.05) is 13.1 Å². The standard InChI is InChI=1S/C10H21N3/c1-4-13(3)10-7-5-9(6-8-10)12-11-2/h9-10H,4-8H2,1-3H3. The van der Waals surface area contributed by atoms with Gasteiger partial charge in [0.15, 0.2) is 0 Å². The second-order valence-corrected chi connectivity index (χ2v) is 3.85. The van der Waals surface area contributed by atoms with Crippen molar-refractivity contribution in [1.29, 1.82) is 0 Å². The smallest absolute Gasteiger partial charge is 0.0709 e. The average molecular weight is 183 g/mol. The Morgan fingerprint density at radius 3 is 2.31 bits per heavy atom. The summed E-state index contributed by atoms with van der Waals surface area (Å²) in [4.78, 5) is 2.44. The lowest BCUT2D eigenvalue weighted by Crippen LogP contribution is -2.35. The van der Waals surface area contributed by atoms with Gasteiger partial charge in [0.2, 0.25) is 0 Å². The Morgan fingerprint density at radius 2 is 1.85 bits per heavy atom. The summed E-state index contributed by atoms with van der Waals surface area (Å²) in [6.07, 6.45) is 5.00. The quantitative estimate of drug-likeness (QED) is 0.617. The first-order valence-electron chi connectivity index (χ1n) is 5.27. The van der Waals surface area contributed by atoms with Crippen molar-refractivity contribution in [2.75, 3.05) is 20.6 Å². The Hall–Kier alpha value is -0.440. The maximum atomic E-state index is 4.21. The lowest BCUT2D eigenvalue weighted by Gasteiger charge is -2.32. The molecule has 0 bridgehead atoms. The van der Waals surface area contributed by atoms with E-state index in [2.05, 4.69) is 29.1 Å². The Bertz CT molecular complexity index is 160. The highest BCUT2D eigenvalue weighted by Gasteiger charge is 2.22. The van der Waals surface area contributed by atoms with Crippen LogP contribution in [0, 0.1) is 0 Å². The van der Waals surface area contributed by atoms with Gasteiger partial charge in [0.25, 0.3) is 0 Å². The van der Waals surface area contributed by atoms with Crippen LogP contribution >= 0.6 is 0 Å². The minimum Gasteiger partial charge on any atom is -0.304 e. The zero-order chi connectivity index (χ0) is 9.68. The maximum absolute atomic E-state index is 4.21. The van der Waals surface area contributed by atoms with E-state index < -0.39 is 0 Å². The lowest BCUT2D eigenvalue weighted by molar-refractivity contribution is 0.190. The highest BCUT2D eigenvalue weighted by Crippen LogP contribution is 2.24. The van der Waals surface area contributed by atoms with Crippen LogP contribution in [0.2, 0.25) is 0 Å². The third-order valence-electron chi connectivity index (χ3n) is 3.07. The number of rotatable bonds is 3. The molecule has 13 heavy (non-hydrogen) atoms. The lowest BCUT2D eigenvalue weighted by atomic mass is 9.91. The molecule has 1 fully saturated rings. The third kappa shape index (κ3) is 3.07. The van der Waals surface area contributed by atoms with Gasteiger partial charge in [-0.1, -0.05) is 6.92 Å². The summed E-state index contributed by atoms with van der Waals surface area (Å²) >= 11 is 0. The first-order valence-corrected chi connectivity index (χ1v) is 5.27. The number of hydrogen-bond donors (Lipinski definition) is 0. The number of azo groups is 1. The Balaban J connectivity index is 2.30. The molecule has 0 aromatic carbocycles. The van der Waals surface area contributed by atoms with Crippen molar-refractivity contribution in [1.82, 2.24) is 4.90 Å². The fourth-order valence-corrected chi connectivity index (χ4v) is 2.04. The summed E-state index contributed by atoms with van der Waals surface area (Å²) in [6, 6.07) is 1.29. The first-order chi connectivity index (χ1) is 6.27. The van der Waals surface area contributed by atoms with Crippen LogP contribution in [0.25, 0.3) is 0 Å². The molecule has 1 aliphatic rings. The zero-order valence-corrected chi connectivity index (χ0v) is 9.03. The first kappa shape index (κ1) is 10.6. The molecule has 3 heteroatoms. The summed E-state index contributed by atoms with van der Waals surface area (Å²) in [6.45, 7) is 3.38. The van der Waals surface area contributed by atoms with Crippen LogP contribution in [-0.4, -0.2) is 37.6 Å². The topological polar surface area (TPSA) is 28.0 Å². The van der Waals surface area contributed by atoms with E-state index in [9.17, 15) is 0 Å². The molecule has 0 saturated heterocycles. The van der Waals surface area contributed by atoms with Gasteiger partial charge in [0.05, 0.1) is 6.04 Å². The van der Waals surface area contributed by atoms with Gasteiger partial charge in [-0.05, 0) is 39.3 Å². The van der Waals surface area contributed by atoms with Gasteiger partial charge in [-0.3, -0.25) is 0 Å². The van der Waals surface area contributed by atoms with Crippen LogP contribution < -0.4 is 0 Å².